The molecule has 2 aromatic carbocycles. The summed E-state index contributed by atoms with van der Waals surface area (Å²) in [7, 11) is 5.41. The van der Waals surface area contributed by atoms with Crippen molar-refractivity contribution in [3.05, 3.63) is 59.4 Å². The minimum absolute atomic E-state index is 0.0503. The minimum atomic E-state index is -0.457. The average molecular weight is 430 g/mol. The molecule has 31 heavy (non-hydrogen) atoms. The lowest BCUT2D eigenvalue weighted by Gasteiger charge is -2.26. The van der Waals surface area contributed by atoms with E-state index in [2.05, 4.69) is 5.32 Å². The molecule has 0 saturated heterocycles. The second-order valence-electron chi connectivity index (χ2n) is 8.11. The number of nitrogens with one attached hydrogen (secondary N) is 1. The number of carbonyl (C=O) groups is 2. The van der Waals surface area contributed by atoms with Crippen LogP contribution in [-0.2, 0) is 16.1 Å². The highest BCUT2D eigenvalue weighted by molar-refractivity contribution is 5.94. The van der Waals surface area contributed by atoms with Crippen LogP contribution in [0, 0.1) is 11.7 Å². The summed E-state index contributed by atoms with van der Waals surface area (Å²) >= 11 is 0. The number of nitrogens with zero attached hydrogens (tertiary/aromatic N) is 2. The van der Waals surface area contributed by atoms with Crippen molar-refractivity contribution in [2.75, 3.05) is 44.6 Å². The molecule has 0 aliphatic heterocycles. The predicted molar refractivity (Wildman–Crippen MR) is 122 cm³/mol. The van der Waals surface area contributed by atoms with E-state index in [1.165, 1.54) is 18.2 Å². The number of rotatable bonds is 10. The molecule has 0 unspecified atom stereocenters. The average Bonchev–Trinajstić information content (AvgIpc) is 2.69. The molecule has 0 atom stereocenters. The lowest BCUT2D eigenvalue weighted by Crippen LogP contribution is -2.34. The van der Waals surface area contributed by atoms with E-state index in [0.29, 0.717) is 31.8 Å². The third-order valence-electron chi connectivity index (χ3n) is 4.72. The van der Waals surface area contributed by atoms with Gasteiger partial charge in [0, 0.05) is 57.7 Å². The molecule has 0 spiro atoms. The molecule has 7 heteroatoms. The number of carbonyl (C=O) groups excluding carboxylic acids is 2. The Morgan fingerprint density at radius 3 is 2.48 bits per heavy atom. The Morgan fingerprint density at radius 2 is 1.87 bits per heavy atom. The van der Waals surface area contributed by atoms with Gasteiger partial charge >= 0.3 is 0 Å². The lowest BCUT2D eigenvalue weighted by atomic mass is 10.1. The normalized spacial score (nSPS) is 10.8. The maximum Gasteiger partial charge on any atom is 0.254 e. The molecule has 0 radical (unpaired) electrons. The van der Waals surface area contributed by atoms with Gasteiger partial charge < -0.3 is 19.9 Å². The van der Waals surface area contributed by atoms with Crippen LogP contribution in [0.1, 0.15) is 36.2 Å². The van der Waals surface area contributed by atoms with Crippen LogP contribution in [-0.4, -0.2) is 51.1 Å². The fourth-order valence-corrected chi connectivity index (χ4v) is 3.27. The highest BCUT2D eigenvalue weighted by Gasteiger charge is 2.19. The van der Waals surface area contributed by atoms with Crippen molar-refractivity contribution < 1.29 is 18.7 Å². The molecule has 0 heterocycles. The molecule has 6 nitrogen and oxygen atoms in total. The van der Waals surface area contributed by atoms with Crippen LogP contribution in [0.25, 0.3) is 0 Å². The maximum absolute atomic E-state index is 13.7. The summed E-state index contributed by atoms with van der Waals surface area (Å²) in [6.45, 7) is 4.98. The van der Waals surface area contributed by atoms with Crippen molar-refractivity contribution in [1.29, 1.82) is 0 Å². The molecule has 2 aromatic rings. The summed E-state index contributed by atoms with van der Waals surface area (Å²) in [6.07, 6.45) is 0.433. The van der Waals surface area contributed by atoms with Gasteiger partial charge in [-0.3, -0.25) is 9.59 Å². The van der Waals surface area contributed by atoms with Gasteiger partial charge in [-0.1, -0.05) is 19.9 Å². The molecule has 2 amide bonds. The van der Waals surface area contributed by atoms with E-state index >= 15 is 0 Å². The monoisotopic (exact) mass is 429 g/mol. The van der Waals surface area contributed by atoms with Gasteiger partial charge in [-0.25, -0.2) is 4.39 Å². The van der Waals surface area contributed by atoms with Gasteiger partial charge in [0.25, 0.3) is 5.91 Å². The van der Waals surface area contributed by atoms with Crippen LogP contribution in [0.3, 0.4) is 0 Å². The Balaban J connectivity index is 2.33. The summed E-state index contributed by atoms with van der Waals surface area (Å²) < 4.78 is 18.8. The Bertz CT molecular complexity index is 899. The van der Waals surface area contributed by atoms with Crippen molar-refractivity contribution in [3.63, 3.8) is 0 Å². The largest absolute Gasteiger partial charge is 0.383 e. The highest BCUT2D eigenvalue weighted by Crippen LogP contribution is 2.25. The van der Waals surface area contributed by atoms with Gasteiger partial charge in [-0.05, 0) is 47.9 Å². The summed E-state index contributed by atoms with van der Waals surface area (Å²) in [6, 6.07) is 11.3. The van der Waals surface area contributed by atoms with Gasteiger partial charge in [0.1, 0.15) is 5.82 Å². The molecule has 168 valence electrons. The highest BCUT2D eigenvalue weighted by atomic mass is 19.1. The Hall–Kier alpha value is -2.93. The fraction of sp³-hybridized carbons (Fsp3) is 0.417. The SMILES string of the molecule is COCCN(Cc1cc(NC(=O)CC(C)C)ccc1N(C)C)C(=O)c1cccc(F)c1. The number of amides is 2. The smallest absolute Gasteiger partial charge is 0.254 e. The topological polar surface area (TPSA) is 61.9 Å². The Morgan fingerprint density at radius 1 is 1.13 bits per heavy atom. The second-order valence-corrected chi connectivity index (χ2v) is 8.11. The van der Waals surface area contributed by atoms with Gasteiger partial charge in [0.2, 0.25) is 5.91 Å². The van der Waals surface area contributed by atoms with Crippen molar-refractivity contribution >= 4 is 23.2 Å². The van der Waals surface area contributed by atoms with Crippen LogP contribution in [0.5, 0.6) is 0 Å². The molecule has 0 fully saturated rings. The van der Waals surface area contributed by atoms with E-state index in [4.69, 9.17) is 4.74 Å². The van der Waals surface area contributed by atoms with Crippen molar-refractivity contribution in [3.8, 4) is 0 Å². The first-order valence-electron chi connectivity index (χ1n) is 10.3. The predicted octanol–water partition coefficient (Wildman–Crippen LogP) is 4.17. The number of anilines is 2. The molecule has 0 aromatic heterocycles. The first kappa shape index (κ1) is 24.3. The van der Waals surface area contributed by atoms with Crippen LogP contribution in [0.15, 0.2) is 42.5 Å². The standard InChI is InChI=1S/C24H32FN3O3/c1-17(2)13-23(29)26-21-9-10-22(27(3)4)19(15-21)16-28(11-12-31-5)24(30)18-7-6-8-20(25)14-18/h6-10,14-15,17H,11-13,16H2,1-5H3,(H,26,29). The molecular formula is C24H32FN3O3. The van der Waals surface area contributed by atoms with E-state index < -0.39 is 5.82 Å². The zero-order valence-electron chi connectivity index (χ0n) is 18.9. The van der Waals surface area contributed by atoms with E-state index in [0.717, 1.165) is 11.3 Å². The van der Waals surface area contributed by atoms with Crippen LogP contribution < -0.4 is 10.2 Å². The lowest BCUT2D eigenvalue weighted by molar-refractivity contribution is -0.116. The van der Waals surface area contributed by atoms with E-state index in [9.17, 15) is 14.0 Å². The first-order chi connectivity index (χ1) is 14.7. The van der Waals surface area contributed by atoms with Crippen molar-refractivity contribution in [2.24, 2.45) is 5.92 Å². The number of hydrogen-bond acceptors (Lipinski definition) is 4. The Labute approximate surface area is 184 Å². The number of ether oxygens (including phenoxy) is 1. The minimum Gasteiger partial charge on any atom is -0.383 e. The third-order valence-corrected chi connectivity index (χ3v) is 4.72. The van der Waals surface area contributed by atoms with E-state index in [1.807, 2.05) is 51.0 Å². The summed E-state index contributed by atoms with van der Waals surface area (Å²) in [5.74, 6) is -0.531. The number of hydrogen-bond donors (Lipinski definition) is 1. The molecule has 1 N–H and O–H groups in total. The molecule has 0 saturated carbocycles. The maximum atomic E-state index is 13.7. The first-order valence-corrected chi connectivity index (χ1v) is 10.3. The van der Waals surface area contributed by atoms with E-state index in [-0.39, 0.29) is 23.3 Å². The molecule has 0 aliphatic rings. The molecule has 2 rings (SSSR count). The van der Waals surface area contributed by atoms with Gasteiger partial charge in [0.15, 0.2) is 0 Å². The van der Waals surface area contributed by atoms with Crippen molar-refractivity contribution in [1.82, 2.24) is 4.90 Å². The zero-order valence-corrected chi connectivity index (χ0v) is 18.9. The quantitative estimate of drug-likeness (QED) is 0.616. The number of halogens is 1. The third kappa shape index (κ3) is 7.36. The van der Waals surface area contributed by atoms with Gasteiger partial charge in [0.05, 0.1) is 6.61 Å². The van der Waals surface area contributed by atoms with Crippen LogP contribution in [0.4, 0.5) is 15.8 Å². The molecule has 0 bridgehead atoms. The fourth-order valence-electron chi connectivity index (χ4n) is 3.27. The van der Waals surface area contributed by atoms with Gasteiger partial charge in [-0.15, -0.1) is 0 Å². The van der Waals surface area contributed by atoms with Crippen LogP contribution >= 0.6 is 0 Å². The second kappa shape index (κ2) is 11.5. The van der Waals surface area contributed by atoms with Crippen LogP contribution in [0.2, 0.25) is 0 Å². The number of benzene rings is 2. The summed E-state index contributed by atoms with van der Waals surface area (Å²) in [4.78, 5) is 28.9. The summed E-state index contributed by atoms with van der Waals surface area (Å²) in [5.41, 5.74) is 2.75. The zero-order chi connectivity index (χ0) is 23.0. The van der Waals surface area contributed by atoms with E-state index in [1.54, 1.807) is 18.1 Å². The summed E-state index contributed by atoms with van der Waals surface area (Å²) in [5, 5.41) is 2.93. The van der Waals surface area contributed by atoms with Gasteiger partial charge in [-0.2, -0.15) is 0 Å². The van der Waals surface area contributed by atoms with Crippen molar-refractivity contribution in [2.45, 2.75) is 26.8 Å². The Kier molecular flexibility index (Phi) is 9.00. The molecular weight excluding hydrogens is 397 g/mol. The number of methoxy groups -OCH3 is 1. The molecule has 0 aliphatic carbocycles.